The average molecular weight is 712 g/mol. The monoisotopic (exact) mass is 711 g/mol. The van der Waals surface area contributed by atoms with Crippen LogP contribution in [-0.2, 0) is 22.1 Å². The van der Waals surface area contributed by atoms with Gasteiger partial charge in [-0.2, -0.15) is 13.2 Å². The van der Waals surface area contributed by atoms with Gasteiger partial charge in [0.2, 0.25) is 5.91 Å². The van der Waals surface area contributed by atoms with Gasteiger partial charge in [0.25, 0.3) is 0 Å². The van der Waals surface area contributed by atoms with Crippen molar-refractivity contribution < 1.29 is 31.9 Å². The lowest BCUT2D eigenvalue weighted by Crippen LogP contribution is -2.43. The Balaban J connectivity index is 1.45. The van der Waals surface area contributed by atoms with Crippen LogP contribution in [0, 0.1) is 11.7 Å². The van der Waals surface area contributed by atoms with Crippen molar-refractivity contribution in [1.82, 2.24) is 4.90 Å². The summed E-state index contributed by atoms with van der Waals surface area (Å²) in [7, 11) is 0. The first-order valence-corrected chi connectivity index (χ1v) is 18.2. The highest BCUT2D eigenvalue weighted by molar-refractivity contribution is 5.97. The molecular formula is C44H45F4NO3. The minimum atomic E-state index is -4.50. The van der Waals surface area contributed by atoms with Crippen LogP contribution in [0.5, 0.6) is 0 Å². The van der Waals surface area contributed by atoms with Gasteiger partial charge in [0.05, 0.1) is 17.5 Å². The summed E-state index contributed by atoms with van der Waals surface area (Å²) in [6, 6.07) is 26.4. The lowest BCUT2D eigenvalue weighted by molar-refractivity contribution is -0.137. The molecule has 6 rings (SSSR count). The summed E-state index contributed by atoms with van der Waals surface area (Å²) in [6.07, 6.45) is 3.12. The highest BCUT2D eigenvalue weighted by Gasteiger charge is 2.41. The first kappa shape index (κ1) is 37.1. The summed E-state index contributed by atoms with van der Waals surface area (Å²) >= 11 is 0. The molecule has 0 aromatic heterocycles. The van der Waals surface area contributed by atoms with Crippen LogP contribution < -0.4 is 0 Å². The van der Waals surface area contributed by atoms with Gasteiger partial charge in [-0.15, -0.1) is 6.58 Å². The zero-order valence-electron chi connectivity index (χ0n) is 29.5. The van der Waals surface area contributed by atoms with Crippen molar-refractivity contribution in [3.8, 4) is 11.1 Å². The molecule has 272 valence electrons. The number of halogens is 4. The van der Waals surface area contributed by atoms with Crippen molar-refractivity contribution in [2.24, 2.45) is 5.92 Å². The number of rotatable bonds is 11. The number of cyclic esters (lactones) is 1. The number of ether oxygens (including phenoxy) is 1. The Labute approximate surface area is 303 Å². The van der Waals surface area contributed by atoms with E-state index in [1.54, 1.807) is 12.1 Å². The Morgan fingerprint density at radius 3 is 2.17 bits per heavy atom. The average Bonchev–Trinajstić information content (AvgIpc) is 3.30. The predicted octanol–water partition coefficient (Wildman–Crippen LogP) is 11.6. The highest BCUT2D eigenvalue weighted by Crippen LogP contribution is 2.43. The Morgan fingerprint density at radius 2 is 1.54 bits per heavy atom. The van der Waals surface area contributed by atoms with E-state index >= 15 is 0 Å². The molecule has 4 aromatic rings. The number of imide groups is 1. The molecule has 3 atom stereocenters. The number of amides is 2. The van der Waals surface area contributed by atoms with Crippen LogP contribution in [0.25, 0.3) is 11.1 Å². The molecule has 0 radical (unpaired) electrons. The number of carbonyl (C=O) groups excluding carboxylic acids is 2. The molecule has 52 heavy (non-hydrogen) atoms. The van der Waals surface area contributed by atoms with Gasteiger partial charge < -0.3 is 4.74 Å². The fraction of sp³-hybridized carbons (Fsp3) is 0.364. The quantitative estimate of drug-likeness (QED) is 0.0884. The zero-order chi connectivity index (χ0) is 36.8. The molecule has 3 unspecified atom stereocenters. The number of hydrogen-bond acceptors (Lipinski definition) is 3. The molecule has 4 aromatic carbocycles. The van der Waals surface area contributed by atoms with E-state index in [2.05, 4.69) is 6.58 Å². The van der Waals surface area contributed by atoms with Crippen molar-refractivity contribution in [2.45, 2.75) is 88.8 Å². The largest absolute Gasteiger partial charge is 0.447 e. The molecule has 1 saturated carbocycles. The third-order valence-electron chi connectivity index (χ3n) is 10.6. The number of hydrogen-bond donors (Lipinski definition) is 0. The van der Waals surface area contributed by atoms with E-state index in [1.165, 1.54) is 42.0 Å². The molecule has 2 amide bonds. The summed E-state index contributed by atoms with van der Waals surface area (Å²) in [5.41, 5.74) is 4.65. The van der Waals surface area contributed by atoms with Crippen LogP contribution in [0.1, 0.15) is 97.9 Å². The van der Waals surface area contributed by atoms with E-state index in [9.17, 15) is 27.2 Å². The molecule has 1 aliphatic carbocycles. The van der Waals surface area contributed by atoms with E-state index in [4.69, 9.17) is 4.74 Å². The smallest absolute Gasteiger partial charge is 0.417 e. The van der Waals surface area contributed by atoms with Crippen LogP contribution in [0.3, 0.4) is 0 Å². The van der Waals surface area contributed by atoms with Crippen LogP contribution in [-0.4, -0.2) is 29.5 Å². The fourth-order valence-electron chi connectivity index (χ4n) is 7.88. The topological polar surface area (TPSA) is 46.6 Å². The number of nitrogens with zero attached hydrogens (tertiary/aromatic N) is 1. The lowest BCUT2D eigenvalue weighted by atomic mass is 9.77. The van der Waals surface area contributed by atoms with E-state index in [0.717, 1.165) is 66.5 Å². The molecule has 4 nitrogen and oxygen atoms in total. The summed E-state index contributed by atoms with van der Waals surface area (Å²) in [5, 5.41) is 0. The van der Waals surface area contributed by atoms with Gasteiger partial charge in [-0.05, 0) is 89.8 Å². The standard InChI is InChI=1S/C44H45F4NO3/c1-29(2)24-41(42(50)49-37(28-52-43(49)51)25-30-10-8-5-9-11-30)34-18-23-38(40(27-34)32-14-19-35(20-15-32)44(46,47)48)39(33-16-21-36(45)22-17-33)26-31-12-6-3-4-7-13-31/h5,8-11,14-23,27,31,37,39,41H,1,3-4,6-7,12-13,24-26,28H2,2H3. The minimum absolute atomic E-state index is 0.0789. The van der Waals surface area contributed by atoms with E-state index in [0.29, 0.717) is 29.0 Å². The maximum absolute atomic E-state index is 14.5. The summed E-state index contributed by atoms with van der Waals surface area (Å²) in [6.45, 7) is 5.99. The van der Waals surface area contributed by atoms with E-state index in [-0.39, 0.29) is 24.8 Å². The second-order valence-corrected chi connectivity index (χ2v) is 14.5. The zero-order valence-corrected chi connectivity index (χ0v) is 29.5. The first-order valence-electron chi connectivity index (χ1n) is 18.2. The maximum Gasteiger partial charge on any atom is 0.417 e. The number of alkyl halides is 3. The summed E-state index contributed by atoms with van der Waals surface area (Å²) < 4.78 is 60.7. The van der Waals surface area contributed by atoms with E-state index < -0.39 is 35.7 Å². The van der Waals surface area contributed by atoms with Gasteiger partial charge >= 0.3 is 12.3 Å². The van der Waals surface area contributed by atoms with Crippen molar-refractivity contribution in [3.05, 3.63) is 143 Å². The number of carbonyl (C=O) groups is 2. The van der Waals surface area contributed by atoms with Crippen LogP contribution >= 0.6 is 0 Å². The van der Waals surface area contributed by atoms with Crippen LogP contribution in [0.2, 0.25) is 0 Å². The molecule has 0 spiro atoms. The van der Waals surface area contributed by atoms with Gasteiger partial charge in [-0.25, -0.2) is 14.1 Å². The Bertz CT molecular complexity index is 1850. The lowest BCUT2D eigenvalue weighted by Gasteiger charge is -2.28. The maximum atomic E-state index is 14.5. The summed E-state index contributed by atoms with van der Waals surface area (Å²) in [5.74, 6) is -1.30. The molecule has 2 fully saturated rings. The van der Waals surface area contributed by atoms with Gasteiger partial charge in [0.15, 0.2) is 0 Å². The Morgan fingerprint density at radius 1 is 0.885 bits per heavy atom. The first-order chi connectivity index (χ1) is 25.0. The SMILES string of the molecule is C=C(C)CC(C(=O)N1C(=O)OCC1Cc1ccccc1)c1ccc(C(CC2CCCCCC2)c2ccc(F)cc2)c(-c2ccc(C(F)(F)F)cc2)c1. The fourth-order valence-corrected chi connectivity index (χ4v) is 7.88. The molecule has 8 heteroatoms. The predicted molar refractivity (Wildman–Crippen MR) is 195 cm³/mol. The number of allylic oxidation sites excluding steroid dienone is 1. The molecule has 1 saturated heterocycles. The molecular weight excluding hydrogens is 666 g/mol. The molecule has 2 aliphatic rings. The van der Waals surface area contributed by atoms with Gasteiger partial charge in [-0.1, -0.05) is 117 Å². The number of benzene rings is 4. The van der Waals surface area contributed by atoms with Crippen molar-refractivity contribution in [3.63, 3.8) is 0 Å². The van der Waals surface area contributed by atoms with E-state index in [1.807, 2.05) is 55.5 Å². The Hall–Kier alpha value is -4.72. The molecule has 1 heterocycles. The summed E-state index contributed by atoms with van der Waals surface area (Å²) in [4.78, 5) is 28.8. The second-order valence-electron chi connectivity index (χ2n) is 14.5. The van der Waals surface area contributed by atoms with Gasteiger partial charge in [0, 0.05) is 5.92 Å². The highest BCUT2D eigenvalue weighted by atomic mass is 19.4. The van der Waals surface area contributed by atoms with Crippen LogP contribution in [0.15, 0.2) is 109 Å². The third kappa shape index (κ3) is 8.83. The molecule has 0 bridgehead atoms. The second kappa shape index (κ2) is 16.3. The molecule has 0 N–H and O–H groups in total. The van der Waals surface area contributed by atoms with Gasteiger partial charge in [-0.3, -0.25) is 4.79 Å². The Kier molecular flexibility index (Phi) is 11.6. The van der Waals surface area contributed by atoms with Crippen molar-refractivity contribution in [2.75, 3.05) is 6.61 Å². The van der Waals surface area contributed by atoms with Crippen molar-refractivity contribution in [1.29, 1.82) is 0 Å². The normalized spacial score (nSPS) is 18.1. The van der Waals surface area contributed by atoms with Gasteiger partial charge in [0.1, 0.15) is 12.4 Å². The van der Waals surface area contributed by atoms with Crippen LogP contribution in [0.4, 0.5) is 22.4 Å². The minimum Gasteiger partial charge on any atom is -0.447 e. The van der Waals surface area contributed by atoms with Crippen molar-refractivity contribution >= 4 is 12.0 Å². The third-order valence-corrected chi connectivity index (χ3v) is 10.6. The molecule has 1 aliphatic heterocycles.